The van der Waals surface area contributed by atoms with E-state index in [1.807, 2.05) is 74.7 Å². The number of carbonyl (C=O) groups excluding carboxylic acids is 3. The fourth-order valence-electron chi connectivity index (χ4n) is 6.73. The monoisotopic (exact) mass is 605 g/mol. The van der Waals surface area contributed by atoms with Gasteiger partial charge in [-0.25, -0.2) is 9.59 Å². The Balaban J connectivity index is 1.23. The average Bonchev–Trinajstić information content (AvgIpc) is 3.79. The summed E-state index contributed by atoms with van der Waals surface area (Å²) in [5.74, 6) is -0.859. The Morgan fingerprint density at radius 3 is 2.33 bits per heavy atom. The number of nitrogens with one attached hydrogen (secondary N) is 1. The van der Waals surface area contributed by atoms with Crippen molar-refractivity contribution in [1.29, 1.82) is 0 Å². The molecule has 0 unspecified atom stereocenters. The van der Waals surface area contributed by atoms with Crippen molar-refractivity contribution in [2.45, 2.75) is 51.1 Å². The van der Waals surface area contributed by atoms with Crippen LogP contribution in [0.3, 0.4) is 0 Å². The number of carbonyl (C=O) groups is 3. The Hall–Kier alpha value is -4.85. The van der Waals surface area contributed by atoms with E-state index in [0.29, 0.717) is 19.4 Å². The number of methoxy groups -OCH3 is 1. The van der Waals surface area contributed by atoms with Crippen molar-refractivity contribution < 1.29 is 23.9 Å². The summed E-state index contributed by atoms with van der Waals surface area (Å²) in [5, 5.41) is 0.988. The van der Waals surface area contributed by atoms with Gasteiger partial charge in [-0.05, 0) is 60.6 Å². The fourth-order valence-corrected chi connectivity index (χ4v) is 6.73. The molecule has 1 N–H and O–H groups in total. The van der Waals surface area contributed by atoms with Gasteiger partial charge in [0.15, 0.2) is 0 Å². The lowest BCUT2D eigenvalue weighted by Crippen LogP contribution is -2.54. The summed E-state index contributed by atoms with van der Waals surface area (Å²) in [6, 6.07) is 22.7. The SMILES string of the molecule is COC(=O)[C@@H](Cc1c[nH]c2ccccc12)N(CC=C(C)C)C(=O)[C@H]1CCCN1C(=O)OCC1c2ccccc2-c2ccccc21. The molecular weight excluding hydrogens is 566 g/mol. The molecule has 2 heterocycles. The lowest BCUT2D eigenvalue weighted by molar-refractivity contribution is -0.153. The lowest BCUT2D eigenvalue weighted by atomic mass is 9.98. The predicted octanol–water partition coefficient (Wildman–Crippen LogP) is 6.46. The summed E-state index contributed by atoms with van der Waals surface area (Å²) in [6.45, 7) is 4.71. The molecule has 1 fully saturated rings. The van der Waals surface area contributed by atoms with Crippen LogP contribution in [-0.4, -0.2) is 71.6 Å². The number of allylic oxidation sites excluding steroid dienone is 1. The minimum Gasteiger partial charge on any atom is -0.467 e. The summed E-state index contributed by atoms with van der Waals surface area (Å²) in [4.78, 5) is 47.6. The number of ether oxygens (including phenoxy) is 2. The quantitative estimate of drug-likeness (QED) is 0.175. The fraction of sp³-hybridized carbons (Fsp3) is 0.324. The second-order valence-electron chi connectivity index (χ2n) is 12.0. The molecule has 0 spiro atoms. The number of aromatic amines is 1. The third kappa shape index (κ3) is 5.97. The molecule has 0 saturated carbocycles. The number of likely N-dealkylation sites (tertiary alicyclic amines) is 1. The van der Waals surface area contributed by atoms with Crippen LogP contribution in [0, 0.1) is 0 Å². The van der Waals surface area contributed by atoms with Crippen molar-refractivity contribution in [2.24, 2.45) is 0 Å². The number of nitrogens with zero attached hydrogens (tertiary/aromatic N) is 2. The standard InChI is InChI=1S/C37H39N3O5/c1-24(2)18-20-39(34(36(42)44-3)21-25-22-38-32-16-9-8-11-26(25)32)35(41)33-17-10-19-40(33)37(43)45-23-31-29-14-6-4-12-27(29)28-13-5-7-15-30(28)31/h4-9,11-16,18,22,31,33-34,38H,10,17,19-21,23H2,1-3H3/t33-,34-/m1/s1. The molecule has 2 aliphatic rings. The van der Waals surface area contributed by atoms with Crippen molar-refractivity contribution in [1.82, 2.24) is 14.8 Å². The number of benzene rings is 3. The first-order valence-corrected chi connectivity index (χ1v) is 15.6. The number of para-hydroxylation sites is 1. The minimum absolute atomic E-state index is 0.0767. The first kappa shape index (κ1) is 30.2. The summed E-state index contributed by atoms with van der Waals surface area (Å²) >= 11 is 0. The van der Waals surface area contributed by atoms with Gasteiger partial charge in [-0.1, -0.05) is 78.4 Å². The molecule has 8 heteroatoms. The van der Waals surface area contributed by atoms with Crippen LogP contribution in [0.5, 0.6) is 0 Å². The Morgan fingerprint density at radius 1 is 0.978 bits per heavy atom. The van der Waals surface area contributed by atoms with Gasteiger partial charge in [0, 0.05) is 42.5 Å². The van der Waals surface area contributed by atoms with E-state index in [2.05, 4.69) is 29.2 Å². The summed E-state index contributed by atoms with van der Waals surface area (Å²) in [7, 11) is 1.34. The molecule has 8 nitrogen and oxygen atoms in total. The van der Waals surface area contributed by atoms with Gasteiger partial charge < -0.3 is 19.4 Å². The smallest absolute Gasteiger partial charge is 0.410 e. The molecule has 232 valence electrons. The van der Waals surface area contributed by atoms with Crippen LogP contribution in [0.15, 0.2) is 90.6 Å². The van der Waals surface area contributed by atoms with E-state index >= 15 is 0 Å². The topological polar surface area (TPSA) is 91.9 Å². The number of esters is 1. The molecule has 0 bridgehead atoms. The van der Waals surface area contributed by atoms with Crippen LogP contribution in [-0.2, 0) is 25.5 Å². The molecule has 0 radical (unpaired) electrons. The van der Waals surface area contributed by atoms with Crippen LogP contribution in [0.4, 0.5) is 4.79 Å². The Kier molecular flexibility index (Phi) is 8.74. The van der Waals surface area contributed by atoms with E-state index in [-0.39, 0.29) is 31.4 Å². The second kappa shape index (κ2) is 13.0. The molecule has 45 heavy (non-hydrogen) atoms. The molecule has 6 rings (SSSR count). The van der Waals surface area contributed by atoms with E-state index < -0.39 is 24.1 Å². The first-order valence-electron chi connectivity index (χ1n) is 15.6. The van der Waals surface area contributed by atoms with Crippen molar-refractivity contribution in [2.75, 3.05) is 26.8 Å². The zero-order chi connectivity index (χ0) is 31.5. The Labute approximate surface area is 263 Å². The number of H-pyrrole nitrogens is 1. The van der Waals surface area contributed by atoms with E-state index in [9.17, 15) is 14.4 Å². The molecule has 3 aromatic carbocycles. The summed E-state index contributed by atoms with van der Waals surface area (Å²) in [5.41, 5.74) is 7.46. The molecule has 4 aromatic rings. The molecule has 1 aromatic heterocycles. The van der Waals surface area contributed by atoms with Crippen LogP contribution < -0.4 is 0 Å². The number of fused-ring (bicyclic) bond motifs is 4. The van der Waals surface area contributed by atoms with Crippen molar-refractivity contribution in [3.05, 3.63) is 107 Å². The number of hydrogen-bond acceptors (Lipinski definition) is 5. The van der Waals surface area contributed by atoms with E-state index in [0.717, 1.165) is 44.3 Å². The van der Waals surface area contributed by atoms with Gasteiger partial charge in [0.2, 0.25) is 5.91 Å². The number of amides is 2. The van der Waals surface area contributed by atoms with Gasteiger partial charge in [-0.2, -0.15) is 0 Å². The van der Waals surface area contributed by atoms with Crippen LogP contribution >= 0.6 is 0 Å². The maximum atomic E-state index is 14.3. The lowest BCUT2D eigenvalue weighted by Gasteiger charge is -2.34. The van der Waals surface area contributed by atoms with Gasteiger partial charge in [0.05, 0.1) is 7.11 Å². The van der Waals surface area contributed by atoms with E-state index in [1.54, 1.807) is 4.90 Å². The maximum Gasteiger partial charge on any atom is 0.410 e. The third-order valence-electron chi connectivity index (χ3n) is 9.03. The Morgan fingerprint density at radius 2 is 1.64 bits per heavy atom. The summed E-state index contributed by atoms with van der Waals surface area (Å²) in [6.07, 6.45) is 4.73. The largest absolute Gasteiger partial charge is 0.467 e. The second-order valence-corrected chi connectivity index (χ2v) is 12.0. The van der Waals surface area contributed by atoms with Gasteiger partial charge in [0.1, 0.15) is 18.7 Å². The highest BCUT2D eigenvalue weighted by Gasteiger charge is 2.41. The normalized spacial score (nSPS) is 16.2. The zero-order valence-corrected chi connectivity index (χ0v) is 26.0. The zero-order valence-electron chi connectivity index (χ0n) is 26.0. The number of rotatable bonds is 9. The van der Waals surface area contributed by atoms with Crippen LogP contribution in [0.1, 0.15) is 49.3 Å². The average molecular weight is 606 g/mol. The van der Waals surface area contributed by atoms with Gasteiger partial charge in [-0.3, -0.25) is 9.69 Å². The predicted molar refractivity (Wildman–Crippen MR) is 174 cm³/mol. The van der Waals surface area contributed by atoms with Gasteiger partial charge in [0.25, 0.3) is 0 Å². The highest BCUT2D eigenvalue weighted by Crippen LogP contribution is 2.44. The van der Waals surface area contributed by atoms with Gasteiger partial charge in [-0.15, -0.1) is 0 Å². The minimum atomic E-state index is -0.873. The van der Waals surface area contributed by atoms with Crippen molar-refractivity contribution in [3.8, 4) is 11.1 Å². The van der Waals surface area contributed by atoms with Crippen molar-refractivity contribution in [3.63, 3.8) is 0 Å². The third-order valence-corrected chi connectivity index (χ3v) is 9.03. The van der Waals surface area contributed by atoms with E-state index in [1.165, 1.54) is 12.0 Å². The van der Waals surface area contributed by atoms with Crippen LogP contribution in [0.25, 0.3) is 22.0 Å². The van der Waals surface area contributed by atoms with Crippen molar-refractivity contribution >= 4 is 28.9 Å². The van der Waals surface area contributed by atoms with Gasteiger partial charge >= 0.3 is 12.1 Å². The number of hydrogen-bond donors (Lipinski definition) is 1. The Bertz CT molecular complexity index is 1710. The van der Waals surface area contributed by atoms with Crippen LogP contribution in [0.2, 0.25) is 0 Å². The molecule has 1 aliphatic heterocycles. The maximum absolute atomic E-state index is 14.3. The molecule has 1 aliphatic carbocycles. The molecule has 2 atom stereocenters. The highest BCUT2D eigenvalue weighted by molar-refractivity contribution is 5.91. The molecule has 2 amide bonds. The van der Waals surface area contributed by atoms with E-state index in [4.69, 9.17) is 9.47 Å². The summed E-state index contributed by atoms with van der Waals surface area (Å²) < 4.78 is 11.2. The molecule has 1 saturated heterocycles. The first-order chi connectivity index (χ1) is 21.9. The number of aromatic nitrogens is 1. The highest BCUT2D eigenvalue weighted by atomic mass is 16.6. The molecular formula is C37H39N3O5.